The van der Waals surface area contributed by atoms with Gasteiger partial charge in [0.05, 0.1) is 12.2 Å². The first-order chi connectivity index (χ1) is 4.75. The molecule has 1 aliphatic rings. The lowest BCUT2D eigenvalue weighted by molar-refractivity contribution is -0.201. The van der Waals surface area contributed by atoms with Crippen molar-refractivity contribution in [3.63, 3.8) is 0 Å². The first kappa shape index (κ1) is 7.95. The van der Waals surface area contributed by atoms with Crippen LogP contribution in [0.2, 0.25) is 0 Å². The Kier molecular flexibility index (Phi) is 2.63. The van der Waals surface area contributed by atoms with E-state index in [1.54, 1.807) is 0 Å². The van der Waals surface area contributed by atoms with Crippen molar-refractivity contribution in [3.8, 4) is 0 Å². The van der Waals surface area contributed by atoms with Crippen LogP contribution < -0.4 is 0 Å². The molecule has 1 heterocycles. The van der Waals surface area contributed by atoms with Crippen LogP contribution in [0.3, 0.4) is 0 Å². The summed E-state index contributed by atoms with van der Waals surface area (Å²) in [5, 5.41) is 0. The van der Waals surface area contributed by atoms with Crippen molar-refractivity contribution in [1.29, 1.82) is 0 Å². The Hall–Kier alpha value is -0.150. The van der Waals surface area contributed by atoms with Gasteiger partial charge in [-0.05, 0) is 6.92 Å². The molecule has 3 heteroatoms. The van der Waals surface area contributed by atoms with E-state index in [9.17, 15) is 4.39 Å². The van der Waals surface area contributed by atoms with Gasteiger partial charge in [-0.15, -0.1) is 0 Å². The van der Waals surface area contributed by atoms with Crippen molar-refractivity contribution in [1.82, 2.24) is 0 Å². The summed E-state index contributed by atoms with van der Waals surface area (Å²) in [6, 6.07) is 0. The summed E-state index contributed by atoms with van der Waals surface area (Å²) in [6.45, 7) is 3.71. The van der Waals surface area contributed by atoms with Crippen LogP contribution in [-0.4, -0.2) is 25.7 Å². The molecule has 60 valence electrons. The van der Waals surface area contributed by atoms with Crippen molar-refractivity contribution in [3.05, 3.63) is 0 Å². The lowest BCUT2D eigenvalue weighted by Gasteiger charge is -2.32. The highest BCUT2D eigenvalue weighted by molar-refractivity contribution is 4.73. The summed E-state index contributed by atoms with van der Waals surface area (Å²) >= 11 is 0. The maximum absolute atomic E-state index is 12.1. The van der Waals surface area contributed by atoms with Gasteiger partial charge in [-0.2, -0.15) is 0 Å². The van der Waals surface area contributed by atoms with Crippen LogP contribution in [0.25, 0.3) is 0 Å². The molecule has 10 heavy (non-hydrogen) atoms. The van der Waals surface area contributed by atoms with Gasteiger partial charge in [0.2, 0.25) is 0 Å². The average Bonchev–Trinajstić information content (AvgIpc) is 1.95. The van der Waals surface area contributed by atoms with Gasteiger partial charge in [0, 0.05) is 5.92 Å². The van der Waals surface area contributed by atoms with E-state index in [0.29, 0.717) is 0 Å². The molecule has 1 aliphatic heterocycles. The van der Waals surface area contributed by atoms with Crippen LogP contribution >= 0.6 is 0 Å². The normalized spacial score (nSPS) is 41.7. The fraction of sp³-hybridized carbons (Fsp3) is 1.00. The molecule has 0 bridgehead atoms. The van der Waals surface area contributed by atoms with E-state index in [1.807, 2.05) is 13.8 Å². The van der Waals surface area contributed by atoms with Crippen LogP contribution in [-0.2, 0) is 9.47 Å². The average molecular weight is 148 g/mol. The van der Waals surface area contributed by atoms with Gasteiger partial charge >= 0.3 is 0 Å². The lowest BCUT2D eigenvalue weighted by atomic mass is 9.99. The molecule has 0 amide bonds. The van der Waals surface area contributed by atoms with Gasteiger partial charge in [-0.1, -0.05) is 6.92 Å². The summed E-state index contributed by atoms with van der Waals surface area (Å²) < 4.78 is 22.3. The van der Waals surface area contributed by atoms with Gasteiger partial charge in [0.15, 0.2) is 0 Å². The number of ether oxygens (including phenoxy) is 2. The minimum Gasteiger partial charge on any atom is -0.352 e. The molecule has 0 aromatic heterocycles. The molecule has 0 radical (unpaired) electrons. The van der Waals surface area contributed by atoms with Crippen LogP contribution in [0.1, 0.15) is 13.8 Å². The van der Waals surface area contributed by atoms with Crippen molar-refractivity contribution in [2.45, 2.75) is 26.1 Å². The fourth-order valence-electron chi connectivity index (χ4n) is 1.02. The Labute approximate surface area is 60.3 Å². The van der Waals surface area contributed by atoms with Gasteiger partial charge < -0.3 is 9.47 Å². The fourth-order valence-corrected chi connectivity index (χ4v) is 1.02. The minimum absolute atomic E-state index is 0.120. The molecule has 0 N–H and O–H groups in total. The zero-order chi connectivity index (χ0) is 7.56. The first-order valence-corrected chi connectivity index (χ1v) is 3.55. The summed E-state index contributed by atoms with van der Waals surface area (Å²) in [5.41, 5.74) is 0. The third kappa shape index (κ3) is 1.47. The standard InChI is InChI=1S/C7H13FO2/c1-5-6(2)9-4-10-7(5)3-8/h5-7H,3-4H2,1-2H3. The van der Waals surface area contributed by atoms with E-state index in [4.69, 9.17) is 9.47 Å². The van der Waals surface area contributed by atoms with Gasteiger partial charge in [-0.3, -0.25) is 0 Å². The third-order valence-corrected chi connectivity index (χ3v) is 2.09. The second kappa shape index (κ2) is 3.30. The Morgan fingerprint density at radius 2 is 2.10 bits per heavy atom. The summed E-state index contributed by atoms with van der Waals surface area (Å²) in [5.74, 6) is 0.166. The monoisotopic (exact) mass is 148 g/mol. The molecule has 1 fully saturated rings. The summed E-state index contributed by atoms with van der Waals surface area (Å²) in [6.07, 6.45) is -0.141. The van der Waals surface area contributed by atoms with Crippen molar-refractivity contribution in [2.75, 3.05) is 13.5 Å². The zero-order valence-electron chi connectivity index (χ0n) is 6.34. The maximum atomic E-state index is 12.1. The van der Waals surface area contributed by atoms with Crippen molar-refractivity contribution >= 4 is 0 Å². The molecule has 3 atom stereocenters. The van der Waals surface area contributed by atoms with Crippen LogP contribution in [0.15, 0.2) is 0 Å². The number of hydrogen-bond donors (Lipinski definition) is 0. The number of halogens is 1. The zero-order valence-corrected chi connectivity index (χ0v) is 6.34. The van der Waals surface area contributed by atoms with E-state index < -0.39 is 6.67 Å². The van der Waals surface area contributed by atoms with Crippen LogP contribution in [0.5, 0.6) is 0 Å². The molecule has 3 unspecified atom stereocenters. The number of hydrogen-bond acceptors (Lipinski definition) is 2. The molecular formula is C7H13FO2. The SMILES string of the molecule is CC1OCOC(CF)C1C. The molecule has 0 aromatic rings. The minimum atomic E-state index is -0.408. The van der Waals surface area contributed by atoms with E-state index in [-0.39, 0.29) is 24.9 Å². The van der Waals surface area contributed by atoms with Crippen LogP contribution in [0.4, 0.5) is 4.39 Å². The molecule has 0 spiro atoms. The van der Waals surface area contributed by atoms with Crippen molar-refractivity contribution < 1.29 is 13.9 Å². The highest BCUT2D eigenvalue weighted by Gasteiger charge is 2.28. The molecule has 1 rings (SSSR count). The molecular weight excluding hydrogens is 135 g/mol. The Balaban J connectivity index is 2.42. The first-order valence-electron chi connectivity index (χ1n) is 3.55. The van der Waals surface area contributed by atoms with E-state index in [0.717, 1.165) is 0 Å². The van der Waals surface area contributed by atoms with E-state index in [2.05, 4.69) is 0 Å². The van der Waals surface area contributed by atoms with Gasteiger partial charge in [0.25, 0.3) is 0 Å². The summed E-state index contributed by atoms with van der Waals surface area (Å²) in [4.78, 5) is 0. The second-order valence-corrected chi connectivity index (χ2v) is 2.71. The third-order valence-electron chi connectivity index (χ3n) is 2.09. The number of alkyl halides is 1. The molecule has 0 aromatic carbocycles. The molecule has 0 saturated carbocycles. The Morgan fingerprint density at radius 3 is 2.60 bits per heavy atom. The second-order valence-electron chi connectivity index (χ2n) is 2.71. The lowest BCUT2D eigenvalue weighted by Crippen LogP contribution is -2.39. The molecule has 2 nitrogen and oxygen atoms in total. The van der Waals surface area contributed by atoms with Crippen molar-refractivity contribution in [2.24, 2.45) is 5.92 Å². The van der Waals surface area contributed by atoms with Gasteiger partial charge in [-0.25, -0.2) is 4.39 Å². The maximum Gasteiger partial charge on any atom is 0.147 e. The molecule has 0 aliphatic carbocycles. The van der Waals surface area contributed by atoms with E-state index >= 15 is 0 Å². The smallest absolute Gasteiger partial charge is 0.147 e. The largest absolute Gasteiger partial charge is 0.352 e. The van der Waals surface area contributed by atoms with Gasteiger partial charge in [0.1, 0.15) is 13.5 Å². The number of rotatable bonds is 1. The highest BCUT2D eigenvalue weighted by atomic mass is 19.1. The topological polar surface area (TPSA) is 18.5 Å². The Bertz CT molecular complexity index is 108. The predicted octanol–water partition coefficient (Wildman–Crippen LogP) is 1.35. The van der Waals surface area contributed by atoms with Crippen LogP contribution in [0, 0.1) is 5.92 Å². The highest BCUT2D eigenvalue weighted by Crippen LogP contribution is 2.20. The van der Waals surface area contributed by atoms with E-state index in [1.165, 1.54) is 0 Å². The predicted molar refractivity (Wildman–Crippen MR) is 35.4 cm³/mol. The summed E-state index contributed by atoms with van der Waals surface area (Å²) in [7, 11) is 0. The Morgan fingerprint density at radius 1 is 1.40 bits per heavy atom. The molecule has 1 saturated heterocycles. The quantitative estimate of drug-likeness (QED) is 0.559.